The van der Waals surface area contributed by atoms with Gasteiger partial charge in [-0.1, -0.05) is 35.9 Å². The standard InChI is InChI=1S/C27H23ClF7N3O3S/c28-19-2-1-3-20(14-19)42(40,41)24-9-11-38(23(39)12-16(15-37)8-10-36)22(24)7-4-17-13-18(5-6-21(17)24)25(29,26(30,31)32)27(33,34)35/h1-3,5-6,8,10,13-15,22,36-37H,4,7,9,11-12H2/b16-8-,36-10?,37-15?. The summed E-state index contributed by atoms with van der Waals surface area (Å²) in [4.78, 5) is 14.3. The molecule has 1 aliphatic heterocycles. The Bertz CT molecular complexity index is 1560. The molecule has 1 fully saturated rings. The second-order valence-electron chi connectivity index (χ2n) is 10.00. The fourth-order valence-corrected chi connectivity index (χ4v) is 8.58. The lowest BCUT2D eigenvalue weighted by Gasteiger charge is -2.43. The molecule has 2 aromatic carbocycles. The van der Waals surface area contributed by atoms with Crippen molar-refractivity contribution in [3.63, 3.8) is 0 Å². The van der Waals surface area contributed by atoms with Gasteiger partial charge in [0.1, 0.15) is 4.75 Å². The summed E-state index contributed by atoms with van der Waals surface area (Å²) in [5.41, 5.74) is -7.62. The van der Waals surface area contributed by atoms with Gasteiger partial charge in [-0.05, 0) is 60.2 Å². The SMILES string of the molecule is N=C/C=C(\C=N)CC(=O)N1CCC2(S(=O)(=O)c3cccc(Cl)c3)c3ccc(C(F)(C(F)(F)F)C(F)(F)F)cc3CCC12. The van der Waals surface area contributed by atoms with Crippen molar-refractivity contribution in [3.05, 3.63) is 75.8 Å². The van der Waals surface area contributed by atoms with Crippen LogP contribution in [-0.4, -0.2) is 56.6 Å². The molecular weight excluding hydrogens is 615 g/mol. The lowest BCUT2D eigenvalue weighted by Crippen LogP contribution is -2.53. The fraction of sp³-hybridized carbons (Fsp3) is 0.370. The van der Waals surface area contributed by atoms with E-state index < -0.39 is 50.1 Å². The Labute approximate surface area is 241 Å². The number of benzene rings is 2. The molecule has 2 atom stereocenters. The van der Waals surface area contributed by atoms with Crippen LogP contribution in [0.2, 0.25) is 5.02 Å². The maximum atomic E-state index is 14.9. The van der Waals surface area contributed by atoms with Gasteiger partial charge < -0.3 is 15.7 Å². The van der Waals surface area contributed by atoms with E-state index in [-0.39, 0.29) is 58.8 Å². The molecule has 1 saturated heterocycles. The molecule has 42 heavy (non-hydrogen) atoms. The number of amides is 1. The number of hydrogen-bond acceptors (Lipinski definition) is 5. The average molecular weight is 638 g/mol. The Hall–Kier alpha value is -3.26. The Morgan fingerprint density at radius 1 is 1.05 bits per heavy atom. The van der Waals surface area contributed by atoms with Crippen molar-refractivity contribution < 1.29 is 43.9 Å². The summed E-state index contributed by atoms with van der Waals surface area (Å²) >= 11 is 6.04. The van der Waals surface area contributed by atoms with Gasteiger partial charge in [0, 0.05) is 29.6 Å². The number of rotatable bonds is 7. The number of nitrogens with one attached hydrogen (secondary N) is 2. The first-order valence-electron chi connectivity index (χ1n) is 12.4. The van der Waals surface area contributed by atoms with Crippen LogP contribution in [0.4, 0.5) is 30.7 Å². The minimum atomic E-state index is -6.35. The maximum absolute atomic E-state index is 14.9. The van der Waals surface area contributed by atoms with Crippen LogP contribution >= 0.6 is 11.6 Å². The van der Waals surface area contributed by atoms with Gasteiger partial charge >= 0.3 is 18.0 Å². The number of hydrogen-bond donors (Lipinski definition) is 2. The summed E-state index contributed by atoms with van der Waals surface area (Å²) < 4.78 is 123. The number of carbonyl (C=O) groups is 1. The molecule has 2 aromatic rings. The predicted molar refractivity (Wildman–Crippen MR) is 140 cm³/mol. The Kier molecular flexibility index (Phi) is 8.13. The van der Waals surface area contributed by atoms with Gasteiger partial charge in [-0.15, -0.1) is 0 Å². The molecule has 2 unspecified atom stereocenters. The van der Waals surface area contributed by atoms with Gasteiger partial charge in [-0.3, -0.25) is 4.79 Å². The first-order valence-corrected chi connectivity index (χ1v) is 14.3. The molecule has 1 heterocycles. The first-order chi connectivity index (χ1) is 19.5. The van der Waals surface area contributed by atoms with Crippen LogP contribution < -0.4 is 0 Å². The summed E-state index contributed by atoms with van der Waals surface area (Å²) in [5, 5.41) is 14.7. The normalized spacial score (nSPS) is 21.5. The summed E-state index contributed by atoms with van der Waals surface area (Å²) in [5.74, 6) is -0.586. The summed E-state index contributed by atoms with van der Waals surface area (Å²) in [6.45, 7) is -0.140. The third-order valence-corrected chi connectivity index (χ3v) is 10.6. The average Bonchev–Trinajstić information content (AvgIpc) is 3.32. The molecule has 15 heteroatoms. The highest BCUT2D eigenvalue weighted by atomic mass is 35.5. The fourth-order valence-electron chi connectivity index (χ4n) is 5.91. The molecule has 226 valence electrons. The van der Waals surface area contributed by atoms with Crippen LogP contribution in [0, 0.1) is 10.8 Å². The van der Waals surface area contributed by atoms with Gasteiger partial charge in [-0.2, -0.15) is 26.3 Å². The second kappa shape index (κ2) is 10.8. The van der Waals surface area contributed by atoms with Crippen molar-refractivity contribution in [1.29, 1.82) is 10.8 Å². The molecule has 6 nitrogen and oxygen atoms in total. The zero-order valence-corrected chi connectivity index (χ0v) is 23.1. The van der Waals surface area contributed by atoms with Crippen LogP contribution in [0.25, 0.3) is 0 Å². The van der Waals surface area contributed by atoms with Crippen molar-refractivity contribution in [3.8, 4) is 0 Å². The van der Waals surface area contributed by atoms with E-state index in [1.165, 1.54) is 29.2 Å². The van der Waals surface area contributed by atoms with E-state index in [1.54, 1.807) is 0 Å². The van der Waals surface area contributed by atoms with Gasteiger partial charge in [-0.25, -0.2) is 12.8 Å². The number of likely N-dealkylation sites (tertiary alicyclic amines) is 1. The highest BCUT2D eigenvalue weighted by Gasteiger charge is 2.73. The van der Waals surface area contributed by atoms with Crippen molar-refractivity contribution in [2.45, 2.75) is 59.4 Å². The number of sulfone groups is 1. The van der Waals surface area contributed by atoms with Crippen LogP contribution in [0.3, 0.4) is 0 Å². The highest BCUT2D eigenvalue weighted by Crippen LogP contribution is 2.56. The van der Waals surface area contributed by atoms with Gasteiger partial charge in [0.05, 0.1) is 17.4 Å². The Morgan fingerprint density at radius 3 is 2.29 bits per heavy atom. The number of carbonyl (C=O) groups excluding carboxylic acids is 1. The second-order valence-corrected chi connectivity index (χ2v) is 12.6. The van der Waals surface area contributed by atoms with Crippen LogP contribution in [0.15, 0.2) is 59.0 Å². The van der Waals surface area contributed by atoms with Crippen molar-refractivity contribution in [1.82, 2.24) is 4.90 Å². The van der Waals surface area contributed by atoms with Crippen molar-refractivity contribution in [2.75, 3.05) is 6.54 Å². The quantitative estimate of drug-likeness (QED) is 0.269. The highest BCUT2D eigenvalue weighted by molar-refractivity contribution is 7.92. The third-order valence-electron chi connectivity index (χ3n) is 7.81. The third kappa shape index (κ3) is 4.81. The zero-order valence-electron chi connectivity index (χ0n) is 21.5. The number of aryl methyl sites for hydroxylation is 1. The lowest BCUT2D eigenvalue weighted by molar-refractivity contribution is -0.348. The van der Waals surface area contributed by atoms with Crippen LogP contribution in [0.5, 0.6) is 0 Å². The maximum Gasteiger partial charge on any atom is 0.435 e. The number of fused-ring (bicyclic) bond motifs is 3. The van der Waals surface area contributed by atoms with E-state index in [1.807, 2.05) is 0 Å². The van der Waals surface area contributed by atoms with E-state index >= 15 is 0 Å². The zero-order chi connectivity index (χ0) is 31.3. The molecule has 2 aliphatic rings. The summed E-state index contributed by atoms with van der Waals surface area (Å²) in [6, 6.07) is 5.53. The van der Waals surface area contributed by atoms with E-state index in [0.29, 0.717) is 12.1 Å². The molecule has 0 aromatic heterocycles. The van der Waals surface area contributed by atoms with E-state index in [2.05, 4.69) is 0 Å². The monoisotopic (exact) mass is 637 g/mol. The largest absolute Gasteiger partial charge is 0.435 e. The smallest absolute Gasteiger partial charge is 0.337 e. The van der Waals surface area contributed by atoms with Gasteiger partial charge in [0.25, 0.3) is 0 Å². The molecule has 0 radical (unpaired) electrons. The molecule has 1 aliphatic carbocycles. The predicted octanol–water partition coefficient (Wildman–Crippen LogP) is 6.46. The summed E-state index contributed by atoms with van der Waals surface area (Å²) in [7, 11) is -4.52. The lowest BCUT2D eigenvalue weighted by atomic mass is 9.76. The number of allylic oxidation sites excluding steroid dienone is 1. The molecule has 4 rings (SSSR count). The number of nitrogens with zero attached hydrogens (tertiary/aromatic N) is 1. The molecule has 0 spiro atoms. The minimum Gasteiger partial charge on any atom is -0.337 e. The van der Waals surface area contributed by atoms with Gasteiger partial charge in [0.15, 0.2) is 9.84 Å². The molecule has 2 N–H and O–H groups in total. The number of alkyl halides is 7. The molecule has 1 amide bonds. The van der Waals surface area contributed by atoms with Crippen molar-refractivity contribution >= 4 is 39.8 Å². The van der Waals surface area contributed by atoms with E-state index in [0.717, 1.165) is 24.6 Å². The van der Waals surface area contributed by atoms with E-state index in [4.69, 9.17) is 22.4 Å². The van der Waals surface area contributed by atoms with Crippen molar-refractivity contribution in [2.24, 2.45) is 0 Å². The Balaban J connectivity index is 1.93. The van der Waals surface area contributed by atoms with Gasteiger partial charge in [0.2, 0.25) is 5.91 Å². The molecular formula is C27H23ClF7N3O3S. The Morgan fingerprint density at radius 2 is 1.71 bits per heavy atom. The van der Waals surface area contributed by atoms with Crippen LogP contribution in [-0.2, 0) is 31.5 Å². The number of halogens is 8. The molecule has 0 saturated carbocycles. The topological polar surface area (TPSA) is 102 Å². The first kappa shape index (κ1) is 31.7. The molecule has 0 bridgehead atoms. The van der Waals surface area contributed by atoms with Crippen LogP contribution in [0.1, 0.15) is 36.0 Å². The van der Waals surface area contributed by atoms with E-state index in [9.17, 15) is 43.9 Å². The minimum absolute atomic E-state index is 0.0475. The summed E-state index contributed by atoms with van der Waals surface area (Å²) in [6.07, 6.45) is -10.8.